The van der Waals surface area contributed by atoms with Crippen LogP contribution >= 0.6 is 0 Å². The normalized spacial score (nSPS) is 23.5. The summed E-state index contributed by atoms with van der Waals surface area (Å²) in [6.45, 7) is -0.271. The first kappa shape index (κ1) is 13.0. The fourth-order valence-electron chi connectivity index (χ4n) is 2.42. The Balaban J connectivity index is 2.00. The van der Waals surface area contributed by atoms with Crippen molar-refractivity contribution in [2.24, 2.45) is 0 Å². The van der Waals surface area contributed by atoms with E-state index in [0.717, 1.165) is 5.52 Å². The van der Waals surface area contributed by atoms with Gasteiger partial charge in [0.15, 0.2) is 0 Å². The lowest BCUT2D eigenvalue weighted by Gasteiger charge is -2.10. The van der Waals surface area contributed by atoms with Gasteiger partial charge in [-0.15, -0.1) is 0 Å². The van der Waals surface area contributed by atoms with Crippen LogP contribution in [0.4, 0.5) is 5.69 Å². The molecule has 1 radical (unpaired) electrons. The monoisotopic (exact) mass is 277 g/mol. The summed E-state index contributed by atoms with van der Waals surface area (Å²) in [6, 6.07) is 4.52. The van der Waals surface area contributed by atoms with Crippen LogP contribution < -0.4 is 0 Å². The zero-order chi connectivity index (χ0) is 14.3. The second-order valence-corrected chi connectivity index (χ2v) is 4.72. The van der Waals surface area contributed by atoms with Crippen LogP contribution in [0.25, 0.3) is 10.9 Å². The maximum Gasteiger partial charge on any atom is 0.270 e. The van der Waals surface area contributed by atoms with Crippen LogP contribution in [-0.2, 0) is 4.74 Å². The first-order valence-corrected chi connectivity index (χ1v) is 6.17. The van der Waals surface area contributed by atoms with Crippen LogP contribution in [0.15, 0.2) is 24.4 Å². The van der Waals surface area contributed by atoms with E-state index in [4.69, 9.17) is 9.84 Å². The molecule has 0 saturated carbocycles. The Kier molecular flexibility index (Phi) is 3.17. The highest BCUT2D eigenvalue weighted by molar-refractivity contribution is 5.87. The molecule has 1 aliphatic heterocycles. The topological polar surface area (TPSA) is 109 Å². The van der Waals surface area contributed by atoms with Gasteiger partial charge in [0.1, 0.15) is 12.2 Å². The molecule has 7 heteroatoms. The maximum atomic E-state index is 10.8. The van der Waals surface area contributed by atoms with Gasteiger partial charge in [0.25, 0.3) is 5.69 Å². The van der Waals surface area contributed by atoms with Crippen LogP contribution in [-0.4, -0.2) is 38.9 Å². The molecule has 3 rings (SSSR count). The van der Waals surface area contributed by atoms with E-state index in [2.05, 4.69) is 4.98 Å². The van der Waals surface area contributed by atoms with Crippen molar-refractivity contribution in [3.63, 3.8) is 0 Å². The van der Waals surface area contributed by atoms with E-state index in [9.17, 15) is 15.2 Å². The molecule has 0 unspecified atom stereocenters. The summed E-state index contributed by atoms with van der Waals surface area (Å²) in [4.78, 5) is 13.4. The number of benzene rings is 1. The Morgan fingerprint density at radius 2 is 2.30 bits per heavy atom. The molecular formula is C13H13N2O5. The van der Waals surface area contributed by atoms with Crippen molar-refractivity contribution in [2.75, 3.05) is 6.61 Å². The molecule has 0 bridgehead atoms. The van der Waals surface area contributed by atoms with Crippen molar-refractivity contribution in [3.8, 4) is 0 Å². The van der Waals surface area contributed by atoms with Gasteiger partial charge >= 0.3 is 0 Å². The van der Waals surface area contributed by atoms with Gasteiger partial charge in [-0.05, 0) is 6.07 Å². The van der Waals surface area contributed by atoms with Gasteiger partial charge in [-0.2, -0.15) is 0 Å². The van der Waals surface area contributed by atoms with Crippen molar-refractivity contribution in [1.82, 2.24) is 4.98 Å². The summed E-state index contributed by atoms with van der Waals surface area (Å²) in [5.41, 5.74) is 1.43. The van der Waals surface area contributed by atoms with Crippen LogP contribution in [0.5, 0.6) is 0 Å². The fourth-order valence-corrected chi connectivity index (χ4v) is 2.42. The molecule has 0 spiro atoms. The number of aliphatic hydroxyl groups excluding tert-OH is 2. The minimum atomic E-state index is -0.765. The lowest BCUT2D eigenvalue weighted by Crippen LogP contribution is -2.24. The minimum absolute atomic E-state index is 0.00352. The first-order chi connectivity index (χ1) is 9.60. The summed E-state index contributed by atoms with van der Waals surface area (Å²) in [5.74, 6) is 0. The second kappa shape index (κ2) is 4.86. The molecule has 3 N–H and O–H groups in total. The number of hydrogen-bond donors (Lipinski definition) is 3. The molecule has 2 atom stereocenters. The number of nitro benzene ring substituents is 1. The first-order valence-electron chi connectivity index (χ1n) is 6.17. The zero-order valence-corrected chi connectivity index (χ0v) is 10.4. The number of rotatable bonds is 3. The van der Waals surface area contributed by atoms with Crippen molar-refractivity contribution in [1.29, 1.82) is 0 Å². The van der Waals surface area contributed by atoms with Gasteiger partial charge in [-0.3, -0.25) is 10.1 Å². The van der Waals surface area contributed by atoms with E-state index in [1.54, 1.807) is 12.3 Å². The summed E-state index contributed by atoms with van der Waals surface area (Å²) in [6.07, 6.45) is 1.09. The smallest absolute Gasteiger partial charge is 0.270 e. The summed E-state index contributed by atoms with van der Waals surface area (Å²) in [5, 5.41) is 30.3. The summed E-state index contributed by atoms with van der Waals surface area (Å²) >= 11 is 0. The highest BCUT2D eigenvalue weighted by Gasteiger charge is 2.36. The number of fused-ring (bicyclic) bond motifs is 1. The van der Waals surface area contributed by atoms with Gasteiger partial charge in [0.05, 0.1) is 17.6 Å². The minimum Gasteiger partial charge on any atom is -0.394 e. The molecule has 7 nitrogen and oxygen atoms in total. The molecule has 1 saturated heterocycles. The number of nitrogens with zero attached hydrogens (tertiary/aromatic N) is 1. The van der Waals surface area contributed by atoms with Gasteiger partial charge in [0, 0.05) is 41.2 Å². The molecule has 105 valence electrons. The van der Waals surface area contributed by atoms with E-state index < -0.39 is 17.1 Å². The average Bonchev–Trinajstić information content (AvgIpc) is 3.00. The molecule has 1 aliphatic rings. The van der Waals surface area contributed by atoms with E-state index >= 15 is 0 Å². The Morgan fingerprint density at radius 3 is 2.95 bits per heavy atom. The Hall–Kier alpha value is -1.96. The van der Waals surface area contributed by atoms with Crippen LogP contribution in [0.2, 0.25) is 0 Å². The summed E-state index contributed by atoms with van der Waals surface area (Å²) in [7, 11) is 0. The SMILES string of the molecule is O=[N+]([O-])c1ccc2[nH]cc([C]3C[C@H](O)[C@@H](CO)O3)c2c1. The third-order valence-corrected chi connectivity index (χ3v) is 3.47. The average molecular weight is 277 g/mol. The predicted molar refractivity (Wildman–Crippen MR) is 69.9 cm³/mol. The summed E-state index contributed by atoms with van der Waals surface area (Å²) < 4.78 is 5.50. The van der Waals surface area contributed by atoms with E-state index in [1.807, 2.05) is 0 Å². The van der Waals surface area contributed by atoms with Crippen LogP contribution in [0.3, 0.4) is 0 Å². The highest BCUT2D eigenvalue weighted by atomic mass is 16.6. The van der Waals surface area contributed by atoms with Gasteiger partial charge in [0.2, 0.25) is 0 Å². The number of nitrogens with one attached hydrogen (secondary N) is 1. The van der Waals surface area contributed by atoms with Crippen LogP contribution in [0, 0.1) is 16.2 Å². The molecule has 1 fully saturated rings. The molecule has 1 aromatic carbocycles. The molecule has 2 aromatic rings. The number of aliphatic hydroxyl groups is 2. The van der Waals surface area contributed by atoms with Gasteiger partial charge in [-0.1, -0.05) is 0 Å². The number of aromatic amines is 1. The number of aromatic nitrogens is 1. The van der Waals surface area contributed by atoms with Crippen molar-refractivity contribution in [2.45, 2.75) is 18.6 Å². The predicted octanol–water partition coefficient (Wildman–Crippen LogP) is 1.10. The second-order valence-electron chi connectivity index (χ2n) is 4.72. The molecule has 0 aliphatic carbocycles. The quantitative estimate of drug-likeness (QED) is 0.575. The molecule has 0 amide bonds. The Labute approximate surface area is 113 Å². The molecule has 1 aromatic heterocycles. The molecule has 2 heterocycles. The van der Waals surface area contributed by atoms with Gasteiger partial charge in [-0.25, -0.2) is 0 Å². The van der Waals surface area contributed by atoms with Crippen LogP contribution in [0.1, 0.15) is 12.0 Å². The Bertz CT molecular complexity index is 653. The number of non-ortho nitro benzene ring substituents is 1. The standard InChI is InChI=1S/C13H13N2O5/c16-6-13-11(17)4-12(20-13)9-5-14-10-2-1-7(15(18)19)3-8(9)10/h1-3,5,11,13-14,16-17H,4,6H2/t11-,13+/m0/s1. The highest BCUT2D eigenvalue weighted by Crippen LogP contribution is 2.36. The van der Waals surface area contributed by atoms with Crippen molar-refractivity contribution < 1.29 is 19.9 Å². The van der Waals surface area contributed by atoms with E-state index in [-0.39, 0.29) is 18.7 Å². The molecular weight excluding hydrogens is 264 g/mol. The number of ether oxygens (including phenoxy) is 1. The number of nitro groups is 1. The van der Waals surface area contributed by atoms with Crippen molar-refractivity contribution >= 4 is 16.6 Å². The number of H-pyrrole nitrogens is 1. The van der Waals surface area contributed by atoms with Gasteiger partial charge < -0.3 is 19.9 Å². The lowest BCUT2D eigenvalue weighted by atomic mass is 10.0. The number of hydrogen-bond acceptors (Lipinski definition) is 5. The van der Waals surface area contributed by atoms with E-state index in [1.165, 1.54) is 12.1 Å². The third-order valence-electron chi connectivity index (χ3n) is 3.47. The molecule has 20 heavy (non-hydrogen) atoms. The zero-order valence-electron chi connectivity index (χ0n) is 10.4. The maximum absolute atomic E-state index is 10.8. The lowest BCUT2D eigenvalue weighted by molar-refractivity contribution is -0.384. The third kappa shape index (κ3) is 2.05. The van der Waals surface area contributed by atoms with Crippen molar-refractivity contribution in [3.05, 3.63) is 46.2 Å². The largest absolute Gasteiger partial charge is 0.394 e. The fraction of sp³-hybridized carbons (Fsp3) is 0.308. The van der Waals surface area contributed by atoms with E-state index in [0.29, 0.717) is 17.1 Å². The Morgan fingerprint density at radius 1 is 1.50 bits per heavy atom.